The molecule has 1 fully saturated rings. The molecule has 4 nitrogen and oxygen atoms in total. The Morgan fingerprint density at radius 3 is 2.33 bits per heavy atom. The van der Waals surface area contributed by atoms with E-state index in [1.54, 1.807) is 26.2 Å². The first kappa shape index (κ1) is 15.6. The minimum absolute atomic E-state index is 0.0869. The summed E-state index contributed by atoms with van der Waals surface area (Å²) in [6.45, 7) is 0.663. The number of hydrogen-bond acceptors (Lipinski definition) is 3. The molecular weight excluding hydrogens is 283 g/mol. The zero-order valence-corrected chi connectivity index (χ0v) is 12.0. The maximum atomic E-state index is 12.6. The van der Waals surface area contributed by atoms with Crippen molar-refractivity contribution in [1.82, 2.24) is 9.88 Å². The van der Waals surface area contributed by atoms with Gasteiger partial charge in [0.05, 0.1) is 11.5 Å². The Morgan fingerprint density at radius 2 is 1.90 bits per heavy atom. The van der Waals surface area contributed by atoms with Crippen molar-refractivity contribution >= 4 is 11.7 Å². The number of anilines is 1. The monoisotopic (exact) mass is 301 g/mol. The lowest BCUT2D eigenvalue weighted by Crippen LogP contribution is -2.39. The SMILES string of the molecule is CN(C)C(=O)c1ccc(N2CCC(C(F)(F)F)CC2)nc1. The highest BCUT2D eigenvalue weighted by Crippen LogP contribution is 2.34. The second kappa shape index (κ2) is 5.91. The predicted molar refractivity (Wildman–Crippen MR) is 73.2 cm³/mol. The number of aromatic nitrogens is 1. The number of carbonyl (C=O) groups is 1. The van der Waals surface area contributed by atoms with Gasteiger partial charge < -0.3 is 9.80 Å². The molecule has 0 unspecified atom stereocenters. The van der Waals surface area contributed by atoms with Gasteiger partial charge in [0, 0.05) is 33.4 Å². The van der Waals surface area contributed by atoms with Crippen LogP contribution < -0.4 is 4.90 Å². The van der Waals surface area contributed by atoms with Gasteiger partial charge in [-0.15, -0.1) is 0 Å². The fourth-order valence-electron chi connectivity index (χ4n) is 2.39. The van der Waals surface area contributed by atoms with E-state index in [0.29, 0.717) is 24.5 Å². The van der Waals surface area contributed by atoms with Crippen LogP contribution in [0.15, 0.2) is 18.3 Å². The van der Waals surface area contributed by atoms with Crippen molar-refractivity contribution in [2.45, 2.75) is 19.0 Å². The Morgan fingerprint density at radius 1 is 1.29 bits per heavy atom. The molecule has 0 N–H and O–H groups in total. The number of hydrogen-bond donors (Lipinski definition) is 0. The van der Waals surface area contributed by atoms with Crippen LogP contribution in [-0.4, -0.2) is 49.2 Å². The van der Waals surface area contributed by atoms with Gasteiger partial charge in [-0.2, -0.15) is 13.2 Å². The van der Waals surface area contributed by atoms with Crippen LogP contribution in [0.2, 0.25) is 0 Å². The van der Waals surface area contributed by atoms with Gasteiger partial charge in [0.2, 0.25) is 0 Å². The Labute approximate surface area is 121 Å². The molecule has 1 aliphatic rings. The second-order valence-corrected chi connectivity index (χ2v) is 5.41. The summed E-state index contributed by atoms with van der Waals surface area (Å²) in [7, 11) is 3.30. The molecule has 116 valence electrons. The molecule has 0 aromatic carbocycles. The number of alkyl halides is 3. The number of rotatable bonds is 2. The summed E-state index contributed by atoms with van der Waals surface area (Å²) in [5.74, 6) is -0.751. The highest BCUT2D eigenvalue weighted by atomic mass is 19.4. The van der Waals surface area contributed by atoms with Gasteiger partial charge in [-0.05, 0) is 25.0 Å². The first-order chi connectivity index (χ1) is 9.79. The molecule has 2 heterocycles. The van der Waals surface area contributed by atoms with Crippen molar-refractivity contribution in [3.63, 3.8) is 0 Å². The van der Waals surface area contributed by atoms with Crippen molar-refractivity contribution < 1.29 is 18.0 Å². The Kier molecular flexibility index (Phi) is 4.39. The van der Waals surface area contributed by atoms with Crippen molar-refractivity contribution in [3.8, 4) is 0 Å². The summed E-state index contributed by atoms with van der Waals surface area (Å²) in [4.78, 5) is 19.2. The van der Waals surface area contributed by atoms with E-state index < -0.39 is 12.1 Å². The molecule has 0 radical (unpaired) electrons. The lowest BCUT2D eigenvalue weighted by molar-refractivity contribution is -0.179. The van der Waals surface area contributed by atoms with Crippen LogP contribution in [0.3, 0.4) is 0 Å². The third-order valence-corrected chi connectivity index (χ3v) is 3.68. The molecule has 1 aromatic heterocycles. The highest BCUT2D eigenvalue weighted by Gasteiger charge is 2.41. The molecule has 1 amide bonds. The topological polar surface area (TPSA) is 36.4 Å². The second-order valence-electron chi connectivity index (χ2n) is 5.41. The molecule has 0 atom stereocenters. The van der Waals surface area contributed by atoms with Crippen molar-refractivity contribution in [1.29, 1.82) is 0 Å². The van der Waals surface area contributed by atoms with Crippen LogP contribution in [0.5, 0.6) is 0 Å². The number of amides is 1. The summed E-state index contributed by atoms with van der Waals surface area (Å²) in [6, 6.07) is 3.34. The van der Waals surface area contributed by atoms with Crippen LogP contribution in [0, 0.1) is 5.92 Å². The number of nitrogens with zero attached hydrogens (tertiary/aromatic N) is 3. The van der Waals surface area contributed by atoms with E-state index in [2.05, 4.69) is 4.98 Å². The zero-order chi connectivity index (χ0) is 15.6. The number of carbonyl (C=O) groups excluding carboxylic acids is 1. The molecule has 0 bridgehead atoms. The van der Waals surface area contributed by atoms with Crippen LogP contribution in [-0.2, 0) is 0 Å². The molecule has 1 aromatic rings. The summed E-state index contributed by atoms with van der Waals surface area (Å²) < 4.78 is 37.8. The summed E-state index contributed by atoms with van der Waals surface area (Å²) in [5.41, 5.74) is 0.467. The number of pyridine rings is 1. The average Bonchev–Trinajstić information content (AvgIpc) is 2.46. The molecule has 2 rings (SSSR count). The number of halogens is 3. The molecular formula is C14H18F3N3O. The van der Waals surface area contributed by atoms with Crippen molar-refractivity contribution in [3.05, 3.63) is 23.9 Å². The summed E-state index contributed by atoms with van der Waals surface area (Å²) in [5, 5.41) is 0. The lowest BCUT2D eigenvalue weighted by Gasteiger charge is -2.33. The largest absolute Gasteiger partial charge is 0.391 e. The molecule has 1 aliphatic heterocycles. The van der Waals surface area contributed by atoms with Crippen LogP contribution >= 0.6 is 0 Å². The first-order valence-corrected chi connectivity index (χ1v) is 6.78. The number of piperidine rings is 1. The average molecular weight is 301 g/mol. The predicted octanol–water partition coefficient (Wildman–Crippen LogP) is 2.56. The summed E-state index contributed by atoms with van der Waals surface area (Å²) in [6.07, 6.45) is -2.47. The zero-order valence-electron chi connectivity index (χ0n) is 12.0. The van der Waals surface area contributed by atoms with Gasteiger partial charge in [0.15, 0.2) is 0 Å². The van der Waals surface area contributed by atoms with E-state index in [4.69, 9.17) is 0 Å². The highest BCUT2D eigenvalue weighted by molar-refractivity contribution is 5.93. The van der Waals surface area contributed by atoms with Gasteiger partial charge in [0.1, 0.15) is 5.82 Å². The molecule has 21 heavy (non-hydrogen) atoms. The van der Waals surface area contributed by atoms with E-state index in [-0.39, 0.29) is 18.7 Å². The van der Waals surface area contributed by atoms with Crippen LogP contribution in [0.1, 0.15) is 23.2 Å². The van der Waals surface area contributed by atoms with Gasteiger partial charge >= 0.3 is 6.18 Å². The van der Waals surface area contributed by atoms with Gasteiger partial charge in [-0.1, -0.05) is 0 Å². The molecule has 1 saturated heterocycles. The van der Waals surface area contributed by atoms with Gasteiger partial charge in [-0.3, -0.25) is 4.79 Å². The standard InChI is InChI=1S/C14H18F3N3O/c1-19(2)13(21)10-3-4-12(18-9-10)20-7-5-11(6-8-20)14(15,16)17/h3-4,9,11H,5-8H2,1-2H3. The van der Waals surface area contributed by atoms with Gasteiger partial charge in [-0.25, -0.2) is 4.98 Å². The third-order valence-electron chi connectivity index (χ3n) is 3.68. The van der Waals surface area contributed by atoms with E-state index in [1.165, 1.54) is 11.1 Å². The maximum absolute atomic E-state index is 12.6. The van der Waals surface area contributed by atoms with Crippen LogP contribution in [0.25, 0.3) is 0 Å². The Hall–Kier alpha value is -1.79. The minimum Gasteiger partial charge on any atom is -0.357 e. The van der Waals surface area contributed by atoms with E-state index in [1.807, 2.05) is 4.90 Å². The molecule has 0 aliphatic carbocycles. The van der Waals surface area contributed by atoms with Gasteiger partial charge in [0.25, 0.3) is 5.91 Å². The molecule has 0 saturated carbocycles. The van der Waals surface area contributed by atoms with E-state index in [0.717, 1.165) is 0 Å². The third kappa shape index (κ3) is 3.65. The van der Waals surface area contributed by atoms with Crippen molar-refractivity contribution in [2.24, 2.45) is 5.92 Å². The van der Waals surface area contributed by atoms with Crippen LogP contribution in [0.4, 0.5) is 19.0 Å². The minimum atomic E-state index is -4.11. The quantitative estimate of drug-likeness (QED) is 0.842. The Balaban J connectivity index is 2.00. The first-order valence-electron chi connectivity index (χ1n) is 6.78. The normalized spacial score (nSPS) is 16.9. The van der Waals surface area contributed by atoms with Crippen molar-refractivity contribution in [2.75, 3.05) is 32.1 Å². The van der Waals surface area contributed by atoms with E-state index >= 15 is 0 Å². The molecule has 0 spiro atoms. The fraction of sp³-hybridized carbons (Fsp3) is 0.571. The summed E-state index contributed by atoms with van der Waals surface area (Å²) >= 11 is 0. The fourth-order valence-corrected chi connectivity index (χ4v) is 2.39. The smallest absolute Gasteiger partial charge is 0.357 e. The Bertz CT molecular complexity index is 491. The lowest BCUT2D eigenvalue weighted by atomic mass is 9.96. The van der Waals surface area contributed by atoms with E-state index in [9.17, 15) is 18.0 Å². The molecule has 7 heteroatoms. The maximum Gasteiger partial charge on any atom is 0.391 e.